The molecule has 0 radical (unpaired) electrons. The second-order valence-corrected chi connectivity index (χ2v) is 8.21. The van der Waals surface area contributed by atoms with Crippen LogP contribution in [0, 0.1) is 13.8 Å². The molecule has 144 valence electrons. The van der Waals surface area contributed by atoms with Gasteiger partial charge in [0, 0.05) is 10.4 Å². The van der Waals surface area contributed by atoms with Gasteiger partial charge in [0.2, 0.25) is 0 Å². The van der Waals surface area contributed by atoms with Crippen molar-refractivity contribution in [2.75, 3.05) is 0 Å². The molecule has 1 atom stereocenters. The molecular formula is C17H17ClN2O6S. The molecule has 3 rings (SSSR count). The van der Waals surface area contributed by atoms with Gasteiger partial charge in [0.15, 0.2) is 16.8 Å². The van der Waals surface area contributed by atoms with Crippen LogP contribution in [-0.2, 0) is 26.2 Å². The predicted octanol–water partition coefficient (Wildman–Crippen LogP) is 3.13. The fourth-order valence-corrected chi connectivity index (χ4v) is 4.83. The first-order chi connectivity index (χ1) is 12.6. The van der Waals surface area contributed by atoms with Crippen LogP contribution in [0.15, 0.2) is 33.7 Å². The Labute approximate surface area is 160 Å². The van der Waals surface area contributed by atoms with Crippen molar-refractivity contribution in [2.45, 2.75) is 38.4 Å². The average Bonchev–Trinajstić information content (AvgIpc) is 3.12. The summed E-state index contributed by atoms with van der Waals surface area (Å²) in [7, 11) is -4.06. The minimum atomic E-state index is -4.06. The topological polar surface area (TPSA) is 112 Å². The Hall–Kier alpha value is -2.36. The number of aryl methyl sites for hydroxylation is 2. The molecule has 0 aliphatic rings. The van der Waals surface area contributed by atoms with Crippen molar-refractivity contribution in [1.82, 2.24) is 9.13 Å². The summed E-state index contributed by atoms with van der Waals surface area (Å²) in [4.78, 5) is 11.0. The molecule has 2 heterocycles. The molecule has 1 aromatic carbocycles. The van der Waals surface area contributed by atoms with Crippen molar-refractivity contribution in [3.05, 3.63) is 46.4 Å². The zero-order chi connectivity index (χ0) is 19.9. The number of fused-ring (bicyclic) bond motifs is 1. The highest BCUT2D eigenvalue weighted by Crippen LogP contribution is 2.30. The third-order valence-corrected chi connectivity index (χ3v) is 6.33. The Balaban J connectivity index is 2.20. The van der Waals surface area contributed by atoms with E-state index < -0.39 is 22.1 Å². The summed E-state index contributed by atoms with van der Waals surface area (Å²) in [6.07, 6.45) is -1.10. The smallest absolute Gasteiger partial charge is 0.332 e. The molecule has 0 saturated heterocycles. The molecule has 27 heavy (non-hydrogen) atoms. The molecule has 8 nitrogen and oxygen atoms in total. The van der Waals surface area contributed by atoms with Gasteiger partial charge >= 0.3 is 5.97 Å². The van der Waals surface area contributed by atoms with E-state index >= 15 is 0 Å². The Morgan fingerprint density at radius 3 is 2.67 bits per heavy atom. The van der Waals surface area contributed by atoms with Gasteiger partial charge in [-0.1, -0.05) is 16.8 Å². The van der Waals surface area contributed by atoms with E-state index in [2.05, 4.69) is 5.16 Å². The highest BCUT2D eigenvalue weighted by atomic mass is 35.5. The molecular weight excluding hydrogens is 396 g/mol. The van der Waals surface area contributed by atoms with Crippen LogP contribution in [0.3, 0.4) is 0 Å². The fraction of sp³-hybridized carbons (Fsp3) is 0.294. The van der Waals surface area contributed by atoms with Gasteiger partial charge in [-0.05, 0) is 45.0 Å². The van der Waals surface area contributed by atoms with Gasteiger partial charge in [-0.3, -0.25) is 0 Å². The van der Waals surface area contributed by atoms with Crippen molar-refractivity contribution in [1.29, 1.82) is 0 Å². The summed E-state index contributed by atoms with van der Waals surface area (Å²) in [5.41, 5.74) is 0.885. The standard InChI is InChI=1S/C17H17ClN2O6S/c1-9-16(10(2)26-19-9)27(23,24)20-14(8-25-11(3)17(21)22)7-12-6-13(18)4-5-15(12)20/h4-7,11H,8H2,1-3H3,(H,21,22). The Bertz CT molecular complexity index is 1110. The van der Waals surface area contributed by atoms with Gasteiger partial charge < -0.3 is 14.4 Å². The minimum absolute atomic E-state index is 0.0394. The first kappa shape index (κ1) is 19.4. The Kier molecular flexibility index (Phi) is 5.02. The third-order valence-electron chi connectivity index (χ3n) is 4.09. The maximum Gasteiger partial charge on any atom is 0.332 e. The van der Waals surface area contributed by atoms with Gasteiger partial charge in [-0.2, -0.15) is 0 Å². The minimum Gasteiger partial charge on any atom is -0.479 e. The second-order valence-electron chi connectivity index (χ2n) is 6.05. The molecule has 0 fully saturated rings. The van der Waals surface area contributed by atoms with Crippen LogP contribution in [0.4, 0.5) is 0 Å². The van der Waals surface area contributed by atoms with Crippen LogP contribution < -0.4 is 0 Å². The van der Waals surface area contributed by atoms with Crippen LogP contribution in [-0.4, -0.2) is 34.7 Å². The molecule has 0 aliphatic carbocycles. The van der Waals surface area contributed by atoms with E-state index in [0.29, 0.717) is 15.9 Å². The SMILES string of the molecule is Cc1noc(C)c1S(=O)(=O)n1c(COC(C)C(=O)O)cc2cc(Cl)ccc21. The number of aliphatic carboxylic acids is 1. The highest BCUT2D eigenvalue weighted by Gasteiger charge is 2.30. The van der Waals surface area contributed by atoms with E-state index in [1.54, 1.807) is 24.3 Å². The molecule has 3 aromatic rings. The number of aromatic nitrogens is 2. The molecule has 0 aliphatic heterocycles. The van der Waals surface area contributed by atoms with Crippen molar-refractivity contribution in [3.63, 3.8) is 0 Å². The largest absolute Gasteiger partial charge is 0.479 e. The molecule has 10 heteroatoms. The predicted molar refractivity (Wildman–Crippen MR) is 97.4 cm³/mol. The van der Waals surface area contributed by atoms with Gasteiger partial charge in [-0.25, -0.2) is 17.2 Å². The van der Waals surface area contributed by atoms with E-state index in [1.165, 1.54) is 20.8 Å². The molecule has 0 saturated carbocycles. The van der Waals surface area contributed by atoms with Crippen molar-refractivity contribution < 1.29 is 27.6 Å². The van der Waals surface area contributed by atoms with Gasteiger partial charge in [0.1, 0.15) is 5.69 Å². The number of halogens is 1. The summed E-state index contributed by atoms with van der Waals surface area (Å²) < 4.78 is 38.1. The van der Waals surface area contributed by atoms with Crippen molar-refractivity contribution in [2.24, 2.45) is 0 Å². The van der Waals surface area contributed by atoms with E-state index in [-0.39, 0.29) is 28.7 Å². The maximum atomic E-state index is 13.4. The lowest BCUT2D eigenvalue weighted by atomic mass is 10.2. The first-order valence-corrected chi connectivity index (χ1v) is 9.77. The maximum absolute atomic E-state index is 13.4. The molecule has 1 unspecified atom stereocenters. The van der Waals surface area contributed by atoms with E-state index in [1.807, 2.05) is 0 Å². The van der Waals surface area contributed by atoms with Gasteiger partial charge in [-0.15, -0.1) is 0 Å². The monoisotopic (exact) mass is 412 g/mol. The molecule has 1 N–H and O–H groups in total. The number of hydrogen-bond acceptors (Lipinski definition) is 6. The quantitative estimate of drug-likeness (QED) is 0.661. The van der Waals surface area contributed by atoms with Crippen LogP contribution in [0.5, 0.6) is 0 Å². The molecule has 0 amide bonds. The summed E-state index contributed by atoms with van der Waals surface area (Å²) in [6, 6.07) is 6.39. The molecule has 0 bridgehead atoms. The number of nitrogens with zero attached hydrogens (tertiary/aromatic N) is 2. The van der Waals surface area contributed by atoms with Gasteiger partial charge in [0.05, 0.1) is 17.8 Å². The van der Waals surface area contributed by atoms with E-state index in [0.717, 1.165) is 3.97 Å². The number of ether oxygens (including phenoxy) is 1. The number of rotatable bonds is 6. The Morgan fingerprint density at radius 1 is 1.37 bits per heavy atom. The highest BCUT2D eigenvalue weighted by molar-refractivity contribution is 7.90. The summed E-state index contributed by atoms with van der Waals surface area (Å²) in [5, 5.41) is 13.7. The normalized spacial score (nSPS) is 13.2. The van der Waals surface area contributed by atoms with E-state index in [9.17, 15) is 13.2 Å². The van der Waals surface area contributed by atoms with E-state index in [4.69, 9.17) is 26.0 Å². The number of benzene rings is 1. The van der Waals surface area contributed by atoms with Crippen LogP contribution in [0.2, 0.25) is 5.02 Å². The summed E-state index contributed by atoms with van der Waals surface area (Å²) >= 11 is 6.02. The van der Waals surface area contributed by atoms with Crippen molar-refractivity contribution in [3.8, 4) is 0 Å². The molecule has 0 spiro atoms. The number of carboxylic acid groups (broad SMARTS) is 1. The average molecular weight is 413 g/mol. The summed E-state index contributed by atoms with van der Waals surface area (Å²) in [6.45, 7) is 4.20. The summed E-state index contributed by atoms with van der Waals surface area (Å²) in [5.74, 6) is -0.983. The lowest BCUT2D eigenvalue weighted by Crippen LogP contribution is -2.22. The number of hydrogen-bond donors (Lipinski definition) is 1. The number of carbonyl (C=O) groups is 1. The van der Waals surface area contributed by atoms with Crippen LogP contribution in [0.25, 0.3) is 10.9 Å². The number of carboxylic acids is 1. The zero-order valence-electron chi connectivity index (χ0n) is 14.8. The first-order valence-electron chi connectivity index (χ1n) is 7.95. The van der Waals surface area contributed by atoms with Crippen LogP contribution in [0.1, 0.15) is 24.1 Å². The Morgan fingerprint density at radius 2 is 2.07 bits per heavy atom. The lowest BCUT2D eigenvalue weighted by molar-refractivity contribution is -0.149. The zero-order valence-corrected chi connectivity index (χ0v) is 16.3. The molecule has 2 aromatic heterocycles. The third kappa shape index (κ3) is 3.45. The fourth-order valence-electron chi connectivity index (χ4n) is 2.82. The van der Waals surface area contributed by atoms with Gasteiger partial charge in [0.25, 0.3) is 10.0 Å². The van der Waals surface area contributed by atoms with Crippen molar-refractivity contribution >= 4 is 38.5 Å². The lowest BCUT2D eigenvalue weighted by Gasteiger charge is -2.13. The second kappa shape index (κ2) is 6.99. The van der Waals surface area contributed by atoms with Crippen LogP contribution >= 0.6 is 11.6 Å².